The first-order valence-electron chi connectivity index (χ1n) is 16.1. The Balaban J connectivity index is 0.787. The Morgan fingerprint density at radius 2 is 1.16 bits per heavy atom. The van der Waals surface area contributed by atoms with Crippen LogP contribution in [-0.4, -0.2) is 41.4 Å². The second-order valence-corrected chi connectivity index (χ2v) is 11.4. The van der Waals surface area contributed by atoms with E-state index in [9.17, 15) is 9.59 Å². The number of fused-ring (bicyclic) bond motifs is 2. The topological polar surface area (TPSA) is 119 Å². The van der Waals surface area contributed by atoms with Crippen molar-refractivity contribution in [3.63, 3.8) is 0 Å². The SMILES string of the molecule is O=c1cc(-c2ccc(OCCCc3cn(CCOCCOc4ccc(-c5cc(=O)c6ccccc6o5)cc4)nn3)cc2)oc2ccccc12. The van der Waals surface area contributed by atoms with Gasteiger partial charge in [-0.05, 0) is 85.6 Å². The number of aryl methyl sites for hydroxylation is 1. The molecule has 0 aliphatic rings. The third kappa shape index (κ3) is 7.77. The summed E-state index contributed by atoms with van der Waals surface area (Å²) >= 11 is 0. The van der Waals surface area contributed by atoms with E-state index in [1.165, 1.54) is 12.1 Å². The number of benzene rings is 4. The van der Waals surface area contributed by atoms with E-state index in [1.807, 2.05) is 79.0 Å². The fourth-order valence-electron chi connectivity index (χ4n) is 5.41. The highest BCUT2D eigenvalue weighted by atomic mass is 16.5. The van der Waals surface area contributed by atoms with Gasteiger partial charge in [-0.2, -0.15) is 0 Å². The van der Waals surface area contributed by atoms with Gasteiger partial charge in [0.1, 0.15) is 40.8 Å². The maximum Gasteiger partial charge on any atom is 0.193 e. The highest BCUT2D eigenvalue weighted by Gasteiger charge is 2.09. The van der Waals surface area contributed by atoms with E-state index in [0.29, 0.717) is 72.2 Å². The van der Waals surface area contributed by atoms with Crippen LogP contribution in [0.25, 0.3) is 44.6 Å². The van der Waals surface area contributed by atoms with E-state index in [2.05, 4.69) is 10.3 Å². The largest absolute Gasteiger partial charge is 0.494 e. The lowest BCUT2D eigenvalue weighted by Gasteiger charge is -2.08. The van der Waals surface area contributed by atoms with E-state index in [0.717, 1.165) is 35.4 Å². The minimum Gasteiger partial charge on any atom is -0.494 e. The van der Waals surface area contributed by atoms with Crippen molar-refractivity contribution in [1.82, 2.24) is 15.0 Å². The van der Waals surface area contributed by atoms with Gasteiger partial charge in [-0.15, -0.1) is 5.10 Å². The average Bonchev–Trinajstić information content (AvgIpc) is 3.59. The smallest absolute Gasteiger partial charge is 0.193 e. The third-order valence-corrected chi connectivity index (χ3v) is 7.94. The van der Waals surface area contributed by atoms with Crippen LogP contribution in [0, 0.1) is 0 Å². The molecular formula is C39H33N3O7. The summed E-state index contributed by atoms with van der Waals surface area (Å²) in [4.78, 5) is 24.8. The zero-order chi connectivity index (χ0) is 33.4. The van der Waals surface area contributed by atoms with Crippen LogP contribution < -0.4 is 20.3 Å². The molecule has 0 spiro atoms. The van der Waals surface area contributed by atoms with Crippen molar-refractivity contribution in [2.24, 2.45) is 0 Å². The van der Waals surface area contributed by atoms with E-state index in [-0.39, 0.29) is 10.9 Å². The Kier molecular flexibility index (Phi) is 9.56. The van der Waals surface area contributed by atoms with Gasteiger partial charge >= 0.3 is 0 Å². The molecule has 0 unspecified atom stereocenters. The fourth-order valence-corrected chi connectivity index (χ4v) is 5.41. The number of nitrogens with zero attached hydrogens (tertiary/aromatic N) is 3. The van der Waals surface area contributed by atoms with E-state index >= 15 is 0 Å². The van der Waals surface area contributed by atoms with Crippen molar-refractivity contribution >= 4 is 21.9 Å². The van der Waals surface area contributed by atoms with Gasteiger partial charge in [-0.1, -0.05) is 29.5 Å². The van der Waals surface area contributed by atoms with E-state index in [4.69, 9.17) is 23.0 Å². The number of para-hydroxylation sites is 2. The van der Waals surface area contributed by atoms with Gasteiger partial charge in [-0.3, -0.25) is 9.59 Å². The van der Waals surface area contributed by atoms with Gasteiger partial charge in [0, 0.05) is 29.5 Å². The van der Waals surface area contributed by atoms with Crippen LogP contribution in [0.5, 0.6) is 11.5 Å². The van der Waals surface area contributed by atoms with Gasteiger partial charge in [0.25, 0.3) is 0 Å². The summed E-state index contributed by atoms with van der Waals surface area (Å²) in [5, 5.41) is 9.58. The van der Waals surface area contributed by atoms with Crippen molar-refractivity contribution in [3.05, 3.63) is 142 Å². The Morgan fingerprint density at radius 3 is 1.76 bits per heavy atom. The zero-order valence-corrected chi connectivity index (χ0v) is 26.6. The van der Waals surface area contributed by atoms with Crippen LogP contribution in [-0.2, 0) is 17.7 Å². The number of rotatable bonds is 14. The molecule has 0 saturated heterocycles. The quantitative estimate of drug-likeness (QED) is 0.115. The van der Waals surface area contributed by atoms with Crippen LogP contribution in [0.4, 0.5) is 0 Å². The third-order valence-electron chi connectivity index (χ3n) is 7.94. The van der Waals surface area contributed by atoms with Gasteiger partial charge < -0.3 is 23.0 Å². The second-order valence-electron chi connectivity index (χ2n) is 11.4. The number of aromatic nitrogens is 3. The van der Waals surface area contributed by atoms with Crippen molar-refractivity contribution in [3.8, 4) is 34.1 Å². The van der Waals surface area contributed by atoms with Gasteiger partial charge in [0.05, 0.1) is 42.8 Å². The highest BCUT2D eigenvalue weighted by Crippen LogP contribution is 2.26. The molecule has 0 aliphatic heterocycles. The molecule has 246 valence electrons. The molecule has 0 saturated carbocycles. The van der Waals surface area contributed by atoms with Crippen LogP contribution in [0.3, 0.4) is 0 Å². The van der Waals surface area contributed by atoms with Crippen molar-refractivity contribution < 1.29 is 23.0 Å². The molecule has 0 bridgehead atoms. The minimum absolute atomic E-state index is 0.0665. The normalized spacial score (nSPS) is 11.3. The van der Waals surface area contributed by atoms with Crippen LogP contribution in [0.1, 0.15) is 12.1 Å². The summed E-state index contributed by atoms with van der Waals surface area (Å²) in [7, 11) is 0. The number of hydrogen-bond acceptors (Lipinski definition) is 9. The zero-order valence-electron chi connectivity index (χ0n) is 26.6. The standard InChI is InChI=1S/C39H33N3O7/c43-34-24-38(48-36-9-3-1-7-32(34)36)27-11-15-30(16-12-27)46-20-5-6-29-26-42(41-40-29)19-21-45-22-23-47-31-17-13-28(14-18-31)39-25-35(44)33-8-2-4-10-37(33)49-39/h1-4,7-18,24-26H,5-6,19-23H2. The monoisotopic (exact) mass is 655 g/mol. The molecule has 7 aromatic rings. The van der Waals surface area contributed by atoms with Crippen LogP contribution >= 0.6 is 0 Å². The van der Waals surface area contributed by atoms with Crippen LogP contribution in [0.15, 0.2) is 134 Å². The average molecular weight is 656 g/mol. The molecule has 7 rings (SSSR count). The molecule has 49 heavy (non-hydrogen) atoms. The number of ether oxygens (including phenoxy) is 3. The summed E-state index contributed by atoms with van der Waals surface area (Å²) in [6, 6.07) is 32.4. The molecule has 0 radical (unpaired) electrons. The van der Waals surface area contributed by atoms with Gasteiger partial charge in [-0.25, -0.2) is 4.68 Å². The molecule has 0 atom stereocenters. The molecule has 0 N–H and O–H groups in total. The van der Waals surface area contributed by atoms with E-state index in [1.54, 1.807) is 28.9 Å². The Hall–Kier alpha value is -6.00. The summed E-state index contributed by atoms with van der Waals surface area (Å²) < 4.78 is 31.0. The summed E-state index contributed by atoms with van der Waals surface area (Å²) in [6.07, 6.45) is 3.44. The maximum absolute atomic E-state index is 12.4. The maximum atomic E-state index is 12.4. The Labute approximate surface area is 281 Å². The number of hydrogen-bond donors (Lipinski definition) is 0. The summed E-state index contributed by atoms with van der Waals surface area (Å²) in [6.45, 7) is 2.42. The predicted molar refractivity (Wildman–Crippen MR) is 186 cm³/mol. The lowest BCUT2D eigenvalue weighted by Crippen LogP contribution is -2.11. The van der Waals surface area contributed by atoms with Gasteiger partial charge in [0.15, 0.2) is 10.9 Å². The Morgan fingerprint density at radius 1 is 0.612 bits per heavy atom. The van der Waals surface area contributed by atoms with Crippen molar-refractivity contribution in [1.29, 1.82) is 0 Å². The first kappa shape index (κ1) is 31.6. The summed E-state index contributed by atoms with van der Waals surface area (Å²) in [5.74, 6) is 2.48. The van der Waals surface area contributed by atoms with Crippen LogP contribution in [0.2, 0.25) is 0 Å². The molecule has 4 aromatic carbocycles. The summed E-state index contributed by atoms with van der Waals surface area (Å²) in [5.41, 5.74) is 3.49. The lowest BCUT2D eigenvalue weighted by molar-refractivity contribution is 0.0923. The minimum atomic E-state index is -0.0713. The molecule has 0 amide bonds. The van der Waals surface area contributed by atoms with Crippen molar-refractivity contribution in [2.75, 3.05) is 26.4 Å². The first-order valence-corrected chi connectivity index (χ1v) is 16.1. The predicted octanol–water partition coefficient (Wildman–Crippen LogP) is 6.93. The molecule has 0 aliphatic carbocycles. The second kappa shape index (κ2) is 14.8. The first-order chi connectivity index (χ1) is 24.1. The lowest BCUT2D eigenvalue weighted by atomic mass is 10.1. The molecule has 3 heterocycles. The van der Waals surface area contributed by atoms with Gasteiger partial charge in [0.2, 0.25) is 0 Å². The highest BCUT2D eigenvalue weighted by molar-refractivity contribution is 5.79. The molecular weight excluding hydrogens is 622 g/mol. The molecule has 3 aromatic heterocycles. The molecule has 0 fully saturated rings. The Bertz CT molecular complexity index is 2290. The fraction of sp³-hybridized carbons (Fsp3) is 0.179. The molecule has 10 nitrogen and oxygen atoms in total. The molecule has 10 heteroatoms. The van der Waals surface area contributed by atoms with Crippen molar-refractivity contribution in [2.45, 2.75) is 19.4 Å². The van der Waals surface area contributed by atoms with E-state index < -0.39 is 0 Å².